The molecule has 5 aromatic carbocycles. The third-order valence-corrected chi connectivity index (χ3v) is 6.77. The topological polar surface area (TPSA) is 26.0 Å². The van der Waals surface area contributed by atoms with Crippen molar-refractivity contribution < 1.29 is 30.3 Å². The first kappa shape index (κ1) is 26.8. The van der Waals surface area contributed by atoms with Crippen LogP contribution in [0.1, 0.15) is 25.3 Å². The van der Waals surface area contributed by atoms with Crippen LogP contribution in [0.15, 0.2) is 132 Å². The van der Waals surface area contributed by atoms with Crippen molar-refractivity contribution in [3.63, 3.8) is 0 Å². The van der Waals surface area contributed by atoms with Crippen molar-refractivity contribution in [1.29, 1.82) is 0 Å². The fraction of sp³-hybridized carbons (Fsp3) is 0.0541. The van der Waals surface area contributed by atoms with Crippen molar-refractivity contribution in [2.75, 3.05) is 0 Å². The molecule has 0 aliphatic rings. The van der Waals surface area contributed by atoms with Crippen LogP contribution < -0.4 is 0 Å². The van der Waals surface area contributed by atoms with Crippen LogP contribution in [0.25, 0.3) is 44.3 Å². The molecule has 4 heteroatoms. The Morgan fingerprint density at radius 3 is 2.27 bits per heavy atom. The molecule has 0 N–H and O–H groups in total. The Kier molecular flexibility index (Phi) is 8.42. The van der Waals surface area contributed by atoms with E-state index in [1.54, 1.807) is 18.3 Å². The van der Waals surface area contributed by atoms with Gasteiger partial charge in [0.2, 0.25) is 0 Å². The molecule has 1 unspecified atom stereocenters. The summed E-state index contributed by atoms with van der Waals surface area (Å²) in [5.74, 6) is -1.24. The van der Waals surface area contributed by atoms with Gasteiger partial charge in [-0.1, -0.05) is 60.3 Å². The zero-order valence-electron chi connectivity index (χ0n) is 23.2. The maximum absolute atomic E-state index is 13.1. The van der Waals surface area contributed by atoms with Crippen LogP contribution in [0.3, 0.4) is 0 Å². The fourth-order valence-electron chi connectivity index (χ4n) is 4.67. The first-order valence-corrected chi connectivity index (χ1v) is 13.0. The number of aromatic nitrogens is 1. The number of para-hydroxylation sites is 1. The third kappa shape index (κ3) is 6.20. The van der Waals surface area contributed by atoms with Crippen LogP contribution in [0.2, 0.25) is 0 Å². The van der Waals surface area contributed by atoms with Crippen molar-refractivity contribution in [2.45, 2.75) is 12.8 Å². The second kappa shape index (κ2) is 12.9. The zero-order chi connectivity index (χ0) is 28.2. The molecule has 0 spiro atoms. The van der Waals surface area contributed by atoms with E-state index in [1.165, 1.54) is 12.1 Å². The van der Waals surface area contributed by atoms with Gasteiger partial charge in [-0.25, -0.2) is 15.5 Å². The van der Waals surface area contributed by atoms with Gasteiger partial charge in [0, 0.05) is 13.0 Å². The van der Waals surface area contributed by atoms with Crippen LogP contribution in [0.4, 0.5) is 4.39 Å². The standard InChI is InChI=1S/C20H15F.C17H10NO.Ir/c1-15(16-10-12-20(21)13-11-16)18-8-5-9-19(14-18)17-6-3-2-4-7-17;1-2-10-16-12(6-1)13-7-5-8-14(17(13)19-16)15-9-3-4-11-18-15;/h2-6,8,10-15H,1H3;1-7,9-11H;/q-2;-1;+3/i15D;;. The van der Waals surface area contributed by atoms with E-state index < -0.39 is 5.89 Å². The van der Waals surface area contributed by atoms with E-state index in [2.05, 4.69) is 29.2 Å². The molecule has 7 rings (SSSR count). The number of fused-ring (bicyclic) bond motifs is 3. The van der Waals surface area contributed by atoms with Crippen molar-refractivity contribution in [2.24, 2.45) is 0 Å². The Morgan fingerprint density at radius 2 is 1.49 bits per heavy atom. The van der Waals surface area contributed by atoms with Gasteiger partial charge >= 0.3 is 20.1 Å². The maximum atomic E-state index is 13.1. The molecule has 2 aromatic heterocycles. The number of rotatable bonds is 4. The summed E-state index contributed by atoms with van der Waals surface area (Å²) in [4.78, 5) is 4.38. The Balaban J connectivity index is 0.000000165. The first-order chi connectivity index (χ1) is 20.0. The second-order valence-corrected chi connectivity index (χ2v) is 9.31. The van der Waals surface area contributed by atoms with E-state index in [0.29, 0.717) is 0 Å². The van der Waals surface area contributed by atoms with E-state index in [1.807, 2.05) is 97.9 Å². The van der Waals surface area contributed by atoms with Crippen LogP contribution in [0.5, 0.6) is 0 Å². The zero-order valence-corrected chi connectivity index (χ0v) is 24.6. The van der Waals surface area contributed by atoms with Crippen LogP contribution >= 0.6 is 0 Å². The van der Waals surface area contributed by atoms with E-state index in [4.69, 9.17) is 5.79 Å². The number of benzene rings is 5. The second-order valence-electron chi connectivity index (χ2n) is 9.31. The summed E-state index contributed by atoms with van der Waals surface area (Å²) in [5.41, 5.74) is 6.98. The molecule has 7 aromatic rings. The Hall–Kier alpha value is -4.37. The number of halogens is 1. The summed E-state index contributed by atoms with van der Waals surface area (Å²) in [7, 11) is 0. The molecule has 200 valence electrons. The van der Waals surface area contributed by atoms with Gasteiger partial charge in [0.05, 0.1) is 5.58 Å². The van der Waals surface area contributed by atoms with E-state index >= 15 is 0 Å². The molecular weight excluding hydrogens is 686 g/mol. The minimum absolute atomic E-state index is 0. The molecule has 41 heavy (non-hydrogen) atoms. The fourth-order valence-corrected chi connectivity index (χ4v) is 4.67. The van der Waals surface area contributed by atoms with Crippen LogP contribution in [0, 0.1) is 24.0 Å². The average Bonchev–Trinajstić information content (AvgIpc) is 3.42. The van der Waals surface area contributed by atoms with Gasteiger partial charge in [0.15, 0.2) is 0 Å². The molecule has 0 fully saturated rings. The molecular formula is C37H25FIrNO. The average molecular weight is 712 g/mol. The molecule has 0 radical (unpaired) electrons. The van der Waals surface area contributed by atoms with Crippen molar-refractivity contribution in [3.05, 3.63) is 163 Å². The van der Waals surface area contributed by atoms with E-state index in [-0.39, 0.29) is 25.9 Å². The molecule has 0 amide bonds. The first-order valence-electron chi connectivity index (χ1n) is 13.5. The Bertz CT molecular complexity index is 1920. The van der Waals surface area contributed by atoms with Crippen molar-refractivity contribution in [1.82, 2.24) is 4.98 Å². The summed E-state index contributed by atoms with van der Waals surface area (Å²) in [5, 5.41) is 2.23. The molecule has 0 bridgehead atoms. The quantitative estimate of drug-likeness (QED) is 0.170. The smallest absolute Gasteiger partial charge is 0.501 e. The minimum Gasteiger partial charge on any atom is -0.501 e. The van der Waals surface area contributed by atoms with E-state index in [9.17, 15) is 4.39 Å². The minimum atomic E-state index is -0.952. The van der Waals surface area contributed by atoms with E-state index in [0.717, 1.165) is 55.4 Å². The van der Waals surface area contributed by atoms with Crippen LogP contribution in [-0.4, -0.2) is 4.98 Å². The molecule has 2 heterocycles. The normalized spacial score (nSPS) is 12.5. The molecule has 0 aliphatic carbocycles. The number of nitrogens with zero attached hydrogens (tertiary/aromatic N) is 1. The van der Waals surface area contributed by atoms with Gasteiger partial charge in [0.25, 0.3) is 0 Å². The Labute approximate surface area is 254 Å². The van der Waals surface area contributed by atoms with Gasteiger partial charge in [-0.2, -0.15) is 42.5 Å². The predicted molar refractivity (Wildman–Crippen MR) is 159 cm³/mol. The summed E-state index contributed by atoms with van der Waals surface area (Å²) in [6.45, 7) is 1.81. The van der Waals surface area contributed by atoms with Gasteiger partial charge in [0.1, 0.15) is 11.4 Å². The monoisotopic (exact) mass is 712 g/mol. The summed E-state index contributed by atoms with van der Waals surface area (Å²) < 4.78 is 27.8. The van der Waals surface area contributed by atoms with Crippen molar-refractivity contribution in [3.8, 4) is 22.4 Å². The third-order valence-electron chi connectivity index (χ3n) is 6.77. The molecule has 0 saturated carbocycles. The summed E-state index contributed by atoms with van der Waals surface area (Å²) in [6.07, 6.45) is 1.78. The van der Waals surface area contributed by atoms with Gasteiger partial charge in [-0.15, -0.1) is 35.9 Å². The largest absolute Gasteiger partial charge is 3.00 e. The molecule has 0 saturated heterocycles. The van der Waals surface area contributed by atoms with Gasteiger partial charge in [-0.05, 0) is 41.4 Å². The molecule has 1 atom stereocenters. The number of furan rings is 1. The summed E-state index contributed by atoms with van der Waals surface area (Å²) >= 11 is 0. The van der Waals surface area contributed by atoms with Crippen LogP contribution in [-0.2, 0) is 20.1 Å². The van der Waals surface area contributed by atoms with Gasteiger partial charge < -0.3 is 9.40 Å². The Morgan fingerprint density at radius 1 is 0.732 bits per heavy atom. The summed E-state index contributed by atoms with van der Waals surface area (Å²) in [6, 6.07) is 46.9. The maximum Gasteiger partial charge on any atom is 3.00 e. The van der Waals surface area contributed by atoms with Gasteiger partial charge in [-0.3, -0.25) is 0 Å². The number of hydrogen-bond acceptors (Lipinski definition) is 2. The predicted octanol–water partition coefficient (Wildman–Crippen LogP) is 9.69. The number of hydrogen-bond donors (Lipinski definition) is 0. The number of pyridine rings is 1. The molecule has 0 aliphatic heterocycles. The SMILES string of the molecule is [2H]C(C)(c1ccc(F)cc1)c1cc[c-]c(-c2[c-]cccc2)c1.[Ir+3].[c-]1ccc2c(oc3ccccc32)c1-c1ccccn1. The van der Waals surface area contributed by atoms with Crippen molar-refractivity contribution >= 4 is 21.9 Å². The molecule has 2 nitrogen and oxygen atoms in total.